The first kappa shape index (κ1) is 14.5. The number of carboxylic acid groups (broad SMARTS) is 1. The van der Waals surface area contributed by atoms with E-state index in [1.807, 2.05) is 18.2 Å². The minimum absolute atomic E-state index is 0.360. The van der Waals surface area contributed by atoms with Crippen molar-refractivity contribution in [1.29, 1.82) is 0 Å². The third-order valence-electron chi connectivity index (χ3n) is 2.58. The quantitative estimate of drug-likeness (QED) is 0.732. The molecule has 20 heavy (non-hydrogen) atoms. The van der Waals surface area contributed by atoms with Crippen molar-refractivity contribution < 1.29 is 9.90 Å². The van der Waals surface area contributed by atoms with Crippen molar-refractivity contribution in [3.63, 3.8) is 0 Å². The van der Waals surface area contributed by atoms with Crippen LogP contribution in [0.25, 0.3) is 0 Å². The standard InChI is InChI=1S/C14H12Cl2N2O2/c15-10-7-4-8-11(16)12(10)18-13(14(19)20)17-9-5-2-1-3-6-9/h1-8,13,17-18H,(H,19,20). The normalized spacial score (nSPS) is 11.7. The number of hydrogen-bond donors (Lipinski definition) is 3. The van der Waals surface area contributed by atoms with Gasteiger partial charge in [-0.15, -0.1) is 0 Å². The second kappa shape index (κ2) is 6.50. The van der Waals surface area contributed by atoms with Crippen molar-refractivity contribution in [2.24, 2.45) is 0 Å². The topological polar surface area (TPSA) is 61.4 Å². The maximum absolute atomic E-state index is 11.3. The lowest BCUT2D eigenvalue weighted by molar-refractivity contribution is -0.137. The Bertz CT molecular complexity index is 585. The summed E-state index contributed by atoms with van der Waals surface area (Å²) in [5, 5.41) is 15.6. The van der Waals surface area contributed by atoms with Crippen LogP contribution in [0.5, 0.6) is 0 Å². The zero-order valence-electron chi connectivity index (χ0n) is 10.3. The van der Waals surface area contributed by atoms with Gasteiger partial charge >= 0.3 is 5.97 Å². The fourth-order valence-electron chi connectivity index (χ4n) is 1.64. The molecule has 0 aromatic heterocycles. The molecule has 3 N–H and O–H groups in total. The van der Waals surface area contributed by atoms with Crippen LogP contribution < -0.4 is 10.6 Å². The second-order valence-electron chi connectivity index (χ2n) is 4.02. The number of carbonyl (C=O) groups is 1. The van der Waals surface area contributed by atoms with Crippen molar-refractivity contribution in [2.75, 3.05) is 10.6 Å². The van der Waals surface area contributed by atoms with E-state index in [-0.39, 0.29) is 0 Å². The van der Waals surface area contributed by atoms with Crippen LogP contribution in [-0.4, -0.2) is 17.2 Å². The molecule has 6 heteroatoms. The number of halogens is 2. The molecule has 4 nitrogen and oxygen atoms in total. The molecule has 0 aliphatic heterocycles. The van der Waals surface area contributed by atoms with Crippen LogP contribution in [0, 0.1) is 0 Å². The molecule has 104 valence electrons. The van der Waals surface area contributed by atoms with Gasteiger partial charge in [0.2, 0.25) is 0 Å². The molecule has 1 unspecified atom stereocenters. The van der Waals surface area contributed by atoms with E-state index >= 15 is 0 Å². The lowest BCUT2D eigenvalue weighted by Crippen LogP contribution is -2.37. The molecule has 0 saturated heterocycles. The number of aliphatic carboxylic acids is 1. The van der Waals surface area contributed by atoms with E-state index in [9.17, 15) is 9.90 Å². The summed E-state index contributed by atoms with van der Waals surface area (Å²) in [5.74, 6) is -1.06. The Kier molecular flexibility index (Phi) is 4.71. The summed E-state index contributed by atoms with van der Waals surface area (Å²) < 4.78 is 0. The number of anilines is 2. The van der Waals surface area contributed by atoms with Crippen molar-refractivity contribution in [3.8, 4) is 0 Å². The average molecular weight is 311 g/mol. The SMILES string of the molecule is O=C(O)C(Nc1ccccc1)Nc1c(Cl)cccc1Cl. The Morgan fingerprint density at radius 3 is 2.10 bits per heavy atom. The average Bonchev–Trinajstić information content (AvgIpc) is 2.42. The first-order chi connectivity index (χ1) is 9.58. The highest BCUT2D eigenvalue weighted by molar-refractivity contribution is 6.39. The van der Waals surface area contributed by atoms with Gasteiger partial charge in [-0.1, -0.05) is 47.5 Å². The molecule has 1 atom stereocenters. The van der Waals surface area contributed by atoms with Gasteiger partial charge in [0, 0.05) is 5.69 Å². The van der Waals surface area contributed by atoms with Gasteiger partial charge in [-0.05, 0) is 24.3 Å². The molecule has 0 spiro atoms. The fraction of sp³-hybridized carbons (Fsp3) is 0.0714. The van der Waals surface area contributed by atoms with Gasteiger partial charge in [-0.2, -0.15) is 0 Å². The molecular weight excluding hydrogens is 299 g/mol. The van der Waals surface area contributed by atoms with E-state index in [1.54, 1.807) is 30.3 Å². The number of para-hydroxylation sites is 2. The maximum atomic E-state index is 11.3. The number of benzene rings is 2. The van der Waals surface area contributed by atoms with E-state index < -0.39 is 12.1 Å². The first-order valence-electron chi connectivity index (χ1n) is 5.83. The molecule has 0 aliphatic rings. The zero-order chi connectivity index (χ0) is 14.5. The van der Waals surface area contributed by atoms with Crippen LogP contribution in [-0.2, 0) is 4.79 Å². The summed E-state index contributed by atoms with van der Waals surface area (Å²) in [7, 11) is 0. The summed E-state index contributed by atoms with van der Waals surface area (Å²) in [6, 6.07) is 14.0. The molecule has 2 rings (SSSR count). The van der Waals surface area contributed by atoms with Crippen LogP contribution in [0.3, 0.4) is 0 Å². The molecule has 0 radical (unpaired) electrons. The highest BCUT2D eigenvalue weighted by Crippen LogP contribution is 2.30. The molecule has 0 heterocycles. The summed E-state index contributed by atoms with van der Waals surface area (Å²) in [6.45, 7) is 0. The number of rotatable bonds is 5. The van der Waals surface area contributed by atoms with E-state index in [2.05, 4.69) is 10.6 Å². The Labute approximate surface area is 126 Å². The minimum Gasteiger partial charge on any atom is -0.478 e. The molecule has 0 amide bonds. The highest BCUT2D eigenvalue weighted by Gasteiger charge is 2.19. The molecule has 2 aromatic carbocycles. The van der Waals surface area contributed by atoms with Gasteiger partial charge in [0.1, 0.15) is 0 Å². The Morgan fingerprint density at radius 2 is 1.55 bits per heavy atom. The van der Waals surface area contributed by atoms with E-state index in [1.165, 1.54) is 0 Å². The van der Waals surface area contributed by atoms with Crippen LogP contribution in [0.1, 0.15) is 0 Å². The number of nitrogens with one attached hydrogen (secondary N) is 2. The van der Waals surface area contributed by atoms with Crippen LogP contribution in [0.4, 0.5) is 11.4 Å². The van der Waals surface area contributed by atoms with Gasteiger partial charge in [-0.25, -0.2) is 4.79 Å². The molecular formula is C14H12Cl2N2O2. The van der Waals surface area contributed by atoms with Crippen molar-refractivity contribution in [1.82, 2.24) is 0 Å². The zero-order valence-corrected chi connectivity index (χ0v) is 11.8. The molecule has 0 fully saturated rings. The van der Waals surface area contributed by atoms with Gasteiger partial charge < -0.3 is 15.7 Å². The van der Waals surface area contributed by atoms with Crippen LogP contribution in [0.15, 0.2) is 48.5 Å². The lowest BCUT2D eigenvalue weighted by Gasteiger charge is -2.20. The predicted octanol–water partition coefficient (Wildman–Crippen LogP) is 3.93. The van der Waals surface area contributed by atoms with Crippen LogP contribution >= 0.6 is 23.2 Å². The van der Waals surface area contributed by atoms with Gasteiger partial charge in [0.25, 0.3) is 0 Å². The third kappa shape index (κ3) is 3.56. The minimum atomic E-state index is -1.06. The molecule has 0 aliphatic carbocycles. The molecule has 0 saturated carbocycles. The van der Waals surface area contributed by atoms with Crippen molar-refractivity contribution >= 4 is 40.5 Å². The molecule has 2 aromatic rings. The van der Waals surface area contributed by atoms with E-state index in [4.69, 9.17) is 23.2 Å². The van der Waals surface area contributed by atoms with Gasteiger partial charge in [0.15, 0.2) is 6.17 Å². The summed E-state index contributed by atoms with van der Waals surface area (Å²) >= 11 is 12.0. The maximum Gasteiger partial charge on any atom is 0.347 e. The molecule has 0 bridgehead atoms. The first-order valence-corrected chi connectivity index (χ1v) is 6.58. The largest absolute Gasteiger partial charge is 0.478 e. The summed E-state index contributed by atoms with van der Waals surface area (Å²) in [6.07, 6.45) is -1.05. The number of carboxylic acids is 1. The fourth-order valence-corrected chi connectivity index (χ4v) is 2.15. The van der Waals surface area contributed by atoms with E-state index in [0.29, 0.717) is 21.4 Å². The summed E-state index contributed by atoms with van der Waals surface area (Å²) in [5.41, 5.74) is 1.06. The Hall–Kier alpha value is -1.91. The predicted molar refractivity (Wildman–Crippen MR) is 81.6 cm³/mol. The third-order valence-corrected chi connectivity index (χ3v) is 3.21. The van der Waals surface area contributed by atoms with Gasteiger partial charge in [-0.3, -0.25) is 0 Å². The van der Waals surface area contributed by atoms with Gasteiger partial charge in [0.05, 0.1) is 15.7 Å². The van der Waals surface area contributed by atoms with E-state index in [0.717, 1.165) is 0 Å². The summed E-state index contributed by atoms with van der Waals surface area (Å²) in [4.78, 5) is 11.3. The second-order valence-corrected chi connectivity index (χ2v) is 4.84. The number of hydrogen-bond acceptors (Lipinski definition) is 3. The lowest BCUT2D eigenvalue weighted by atomic mass is 10.3. The van der Waals surface area contributed by atoms with Crippen molar-refractivity contribution in [2.45, 2.75) is 6.17 Å². The Morgan fingerprint density at radius 1 is 0.950 bits per heavy atom. The van der Waals surface area contributed by atoms with Crippen LogP contribution in [0.2, 0.25) is 10.0 Å². The highest BCUT2D eigenvalue weighted by atomic mass is 35.5. The smallest absolute Gasteiger partial charge is 0.347 e. The Balaban J connectivity index is 2.20. The van der Waals surface area contributed by atoms with Crippen molar-refractivity contribution in [3.05, 3.63) is 58.6 Å². The monoisotopic (exact) mass is 310 g/mol.